The van der Waals surface area contributed by atoms with Crippen molar-refractivity contribution >= 4 is 23.5 Å². The third-order valence-electron chi connectivity index (χ3n) is 3.29. The van der Waals surface area contributed by atoms with E-state index in [-0.39, 0.29) is 0 Å². The van der Waals surface area contributed by atoms with Crippen LogP contribution in [0.5, 0.6) is 0 Å². The first-order chi connectivity index (χ1) is 10.7. The molecule has 0 radical (unpaired) electrons. The van der Waals surface area contributed by atoms with Crippen LogP contribution in [0.1, 0.15) is 23.0 Å². The predicted octanol–water partition coefficient (Wildman–Crippen LogP) is 1.40. The highest BCUT2D eigenvalue weighted by atomic mass is 35.5. The van der Waals surface area contributed by atoms with Crippen molar-refractivity contribution in [2.75, 3.05) is 6.54 Å². The van der Waals surface area contributed by atoms with Crippen LogP contribution in [0.3, 0.4) is 0 Å². The van der Waals surface area contributed by atoms with Crippen molar-refractivity contribution in [1.82, 2.24) is 15.1 Å². The number of aliphatic hydroxyl groups is 1. The lowest BCUT2D eigenvalue weighted by molar-refractivity contribution is -0.155. The van der Waals surface area contributed by atoms with Gasteiger partial charge in [0, 0.05) is 11.2 Å². The van der Waals surface area contributed by atoms with Crippen LogP contribution >= 0.6 is 11.6 Å². The molecule has 1 aromatic carbocycles. The fourth-order valence-corrected chi connectivity index (χ4v) is 1.96. The van der Waals surface area contributed by atoms with E-state index in [1.54, 1.807) is 31.2 Å². The highest BCUT2D eigenvalue weighted by molar-refractivity contribution is 6.30. The van der Waals surface area contributed by atoms with Gasteiger partial charge in [0.15, 0.2) is 5.60 Å². The third-order valence-corrected chi connectivity index (χ3v) is 3.54. The highest BCUT2D eigenvalue weighted by Gasteiger charge is 2.30. The standard InChI is InChI=1S/C15H16ClN3O4/c1-9-12(13(20)17-8-15(2,23)14(21)22)7-19(18-9)11-5-3-10(16)4-6-11/h3-7,23H,8H2,1-2H3,(H,17,20)(H,21,22). The molecule has 2 rings (SSSR count). The minimum atomic E-state index is -2.03. The third kappa shape index (κ3) is 3.88. The fraction of sp³-hybridized carbons (Fsp3) is 0.267. The van der Waals surface area contributed by atoms with Gasteiger partial charge in [-0.05, 0) is 38.1 Å². The summed E-state index contributed by atoms with van der Waals surface area (Å²) in [6, 6.07) is 6.92. The Labute approximate surface area is 137 Å². The molecule has 122 valence electrons. The van der Waals surface area contributed by atoms with Crippen molar-refractivity contribution < 1.29 is 19.8 Å². The second-order valence-corrected chi connectivity index (χ2v) is 5.75. The van der Waals surface area contributed by atoms with Gasteiger partial charge in [-0.15, -0.1) is 0 Å². The molecule has 0 fully saturated rings. The largest absolute Gasteiger partial charge is 0.479 e. The SMILES string of the molecule is Cc1nn(-c2ccc(Cl)cc2)cc1C(=O)NCC(C)(O)C(=O)O. The molecular weight excluding hydrogens is 322 g/mol. The van der Waals surface area contributed by atoms with Crippen molar-refractivity contribution in [2.24, 2.45) is 0 Å². The monoisotopic (exact) mass is 337 g/mol. The van der Waals surface area contributed by atoms with E-state index in [4.69, 9.17) is 16.7 Å². The van der Waals surface area contributed by atoms with E-state index in [2.05, 4.69) is 10.4 Å². The average Bonchev–Trinajstić information content (AvgIpc) is 2.87. The van der Waals surface area contributed by atoms with Gasteiger partial charge >= 0.3 is 5.97 Å². The molecule has 0 saturated heterocycles. The van der Waals surface area contributed by atoms with Gasteiger partial charge in [-0.1, -0.05) is 11.6 Å². The maximum Gasteiger partial charge on any atom is 0.337 e. The van der Waals surface area contributed by atoms with Gasteiger partial charge < -0.3 is 15.5 Å². The Morgan fingerprint density at radius 3 is 2.52 bits per heavy atom. The highest BCUT2D eigenvalue weighted by Crippen LogP contribution is 2.15. The molecule has 1 heterocycles. The Hall–Kier alpha value is -2.38. The predicted molar refractivity (Wildman–Crippen MR) is 83.9 cm³/mol. The van der Waals surface area contributed by atoms with Gasteiger partial charge in [0.05, 0.1) is 23.5 Å². The van der Waals surface area contributed by atoms with Crippen molar-refractivity contribution in [3.05, 3.63) is 46.7 Å². The zero-order valence-corrected chi connectivity index (χ0v) is 13.3. The van der Waals surface area contributed by atoms with Crippen molar-refractivity contribution in [3.8, 4) is 5.69 Å². The number of nitrogens with one attached hydrogen (secondary N) is 1. The summed E-state index contributed by atoms with van der Waals surface area (Å²) in [4.78, 5) is 23.0. The van der Waals surface area contributed by atoms with Gasteiger partial charge in [0.25, 0.3) is 5.91 Å². The molecule has 1 aromatic heterocycles. The Kier molecular flexibility index (Phi) is 4.72. The fourth-order valence-electron chi connectivity index (χ4n) is 1.83. The summed E-state index contributed by atoms with van der Waals surface area (Å²) in [5.41, 5.74) is -0.530. The van der Waals surface area contributed by atoms with Crippen LogP contribution in [-0.2, 0) is 4.79 Å². The summed E-state index contributed by atoms with van der Waals surface area (Å²) in [6.07, 6.45) is 1.53. The summed E-state index contributed by atoms with van der Waals surface area (Å²) < 4.78 is 1.52. The number of carboxylic acid groups (broad SMARTS) is 1. The van der Waals surface area contributed by atoms with Crippen LogP contribution in [0.4, 0.5) is 0 Å². The molecular formula is C15H16ClN3O4. The molecule has 0 aliphatic rings. The topological polar surface area (TPSA) is 104 Å². The smallest absolute Gasteiger partial charge is 0.337 e. The Balaban J connectivity index is 2.16. The Bertz CT molecular complexity index is 738. The number of halogens is 1. The molecule has 0 saturated carbocycles. The lowest BCUT2D eigenvalue weighted by atomic mass is 10.1. The van der Waals surface area contributed by atoms with Crippen LogP contribution in [-0.4, -0.2) is 44.0 Å². The first-order valence-electron chi connectivity index (χ1n) is 6.77. The summed E-state index contributed by atoms with van der Waals surface area (Å²) in [5.74, 6) is -1.92. The van der Waals surface area contributed by atoms with E-state index >= 15 is 0 Å². The molecule has 0 spiro atoms. The second-order valence-electron chi connectivity index (χ2n) is 5.31. The minimum absolute atomic E-state index is 0.293. The molecule has 3 N–H and O–H groups in total. The van der Waals surface area contributed by atoms with Gasteiger partial charge in [0.2, 0.25) is 0 Å². The number of aryl methyl sites for hydroxylation is 1. The van der Waals surface area contributed by atoms with Crippen LogP contribution in [0.2, 0.25) is 5.02 Å². The molecule has 1 amide bonds. The van der Waals surface area contributed by atoms with Crippen LogP contribution in [0.15, 0.2) is 30.5 Å². The van der Waals surface area contributed by atoms with Crippen molar-refractivity contribution in [2.45, 2.75) is 19.4 Å². The molecule has 8 heteroatoms. The first-order valence-corrected chi connectivity index (χ1v) is 7.14. The van der Waals surface area contributed by atoms with Gasteiger partial charge in [-0.25, -0.2) is 9.48 Å². The lowest BCUT2D eigenvalue weighted by Gasteiger charge is -2.17. The first kappa shape index (κ1) is 17.0. The number of aromatic nitrogens is 2. The van der Waals surface area contributed by atoms with Gasteiger partial charge in [-0.2, -0.15) is 5.10 Å². The molecule has 0 aliphatic carbocycles. The summed E-state index contributed by atoms with van der Waals surface area (Å²) in [7, 11) is 0. The number of rotatable bonds is 5. The molecule has 0 aliphatic heterocycles. The van der Waals surface area contributed by atoms with Gasteiger partial charge in [-0.3, -0.25) is 4.79 Å². The van der Waals surface area contributed by atoms with E-state index in [1.165, 1.54) is 10.9 Å². The lowest BCUT2D eigenvalue weighted by Crippen LogP contribution is -2.46. The minimum Gasteiger partial charge on any atom is -0.479 e. The molecule has 2 aromatic rings. The number of hydrogen-bond donors (Lipinski definition) is 3. The Morgan fingerprint density at radius 1 is 1.35 bits per heavy atom. The number of carboxylic acids is 1. The zero-order valence-electron chi connectivity index (χ0n) is 12.6. The summed E-state index contributed by atoms with van der Waals surface area (Å²) in [6.45, 7) is 2.36. The summed E-state index contributed by atoms with van der Waals surface area (Å²) in [5, 5.41) is 25.7. The number of aliphatic carboxylic acids is 1. The zero-order chi connectivity index (χ0) is 17.2. The number of nitrogens with zero attached hydrogens (tertiary/aromatic N) is 2. The van der Waals surface area contributed by atoms with E-state index in [9.17, 15) is 14.7 Å². The van der Waals surface area contributed by atoms with E-state index in [0.717, 1.165) is 12.6 Å². The van der Waals surface area contributed by atoms with E-state index in [0.29, 0.717) is 16.3 Å². The van der Waals surface area contributed by atoms with Gasteiger partial charge in [0.1, 0.15) is 0 Å². The molecule has 7 nitrogen and oxygen atoms in total. The number of amides is 1. The molecule has 1 atom stereocenters. The maximum atomic E-state index is 12.1. The molecule has 0 bridgehead atoms. The van der Waals surface area contributed by atoms with Crippen LogP contribution in [0, 0.1) is 6.92 Å². The quantitative estimate of drug-likeness (QED) is 0.765. The van der Waals surface area contributed by atoms with Crippen LogP contribution < -0.4 is 5.32 Å². The van der Waals surface area contributed by atoms with Crippen molar-refractivity contribution in [3.63, 3.8) is 0 Å². The van der Waals surface area contributed by atoms with Crippen LogP contribution in [0.25, 0.3) is 5.69 Å². The number of hydrogen-bond acceptors (Lipinski definition) is 4. The van der Waals surface area contributed by atoms with E-state index in [1.807, 2.05) is 0 Å². The molecule has 1 unspecified atom stereocenters. The van der Waals surface area contributed by atoms with Crippen molar-refractivity contribution in [1.29, 1.82) is 0 Å². The second kappa shape index (κ2) is 6.39. The number of carbonyl (C=O) groups excluding carboxylic acids is 1. The summed E-state index contributed by atoms with van der Waals surface area (Å²) >= 11 is 5.83. The average molecular weight is 338 g/mol. The maximum absolute atomic E-state index is 12.1. The number of benzene rings is 1. The van der Waals surface area contributed by atoms with E-state index < -0.39 is 24.0 Å². The number of carbonyl (C=O) groups is 2. The molecule has 23 heavy (non-hydrogen) atoms. The Morgan fingerprint density at radius 2 is 1.96 bits per heavy atom. The normalized spacial score (nSPS) is 13.4.